The normalized spacial score (nSPS) is 24.3. The van der Waals surface area contributed by atoms with Crippen LogP contribution in [0.25, 0.3) is 0 Å². The molecular weight excluding hydrogens is 310 g/mol. The maximum atomic E-state index is 12.7. The Morgan fingerprint density at radius 2 is 2.22 bits per heavy atom. The molecule has 1 fully saturated rings. The standard InChI is InChI=1S/C16H21N5OS/c22-15(19-13-3-4-14-17-5-8-20(14)11-13)12-2-1-7-21(10-12)16-18-6-9-23-16/h5-6,8-9,12-13H,1-4,7,10-11H2,(H,19,22)/t12-,13-/m1/s1. The van der Waals surface area contributed by atoms with Gasteiger partial charge in [0.2, 0.25) is 5.91 Å². The van der Waals surface area contributed by atoms with Gasteiger partial charge in [-0.2, -0.15) is 0 Å². The molecule has 122 valence electrons. The van der Waals surface area contributed by atoms with Crippen molar-refractivity contribution < 1.29 is 4.79 Å². The zero-order chi connectivity index (χ0) is 15.6. The highest BCUT2D eigenvalue weighted by Crippen LogP contribution is 2.25. The topological polar surface area (TPSA) is 63.1 Å². The van der Waals surface area contributed by atoms with E-state index in [-0.39, 0.29) is 17.9 Å². The van der Waals surface area contributed by atoms with E-state index in [0.717, 1.165) is 56.3 Å². The van der Waals surface area contributed by atoms with Gasteiger partial charge in [0.1, 0.15) is 5.82 Å². The predicted octanol–water partition coefficient (Wildman–Crippen LogP) is 1.69. The summed E-state index contributed by atoms with van der Waals surface area (Å²) >= 11 is 1.64. The van der Waals surface area contributed by atoms with Crippen molar-refractivity contribution in [3.63, 3.8) is 0 Å². The molecule has 6 nitrogen and oxygen atoms in total. The van der Waals surface area contributed by atoms with Crippen LogP contribution in [-0.2, 0) is 17.8 Å². The van der Waals surface area contributed by atoms with E-state index in [1.165, 1.54) is 0 Å². The molecule has 0 aromatic carbocycles. The van der Waals surface area contributed by atoms with Gasteiger partial charge >= 0.3 is 0 Å². The first-order valence-electron chi connectivity index (χ1n) is 8.24. The van der Waals surface area contributed by atoms with E-state index in [1.54, 1.807) is 11.3 Å². The molecule has 0 aliphatic carbocycles. The lowest BCUT2D eigenvalue weighted by Crippen LogP contribution is -2.48. The molecule has 2 atom stereocenters. The minimum atomic E-state index is 0.0665. The van der Waals surface area contributed by atoms with Crippen LogP contribution in [0.3, 0.4) is 0 Å². The Morgan fingerprint density at radius 3 is 3.09 bits per heavy atom. The third-order valence-corrected chi connectivity index (χ3v) is 5.60. The third-order valence-electron chi connectivity index (χ3n) is 4.76. The number of imidazole rings is 1. The monoisotopic (exact) mass is 331 g/mol. The minimum absolute atomic E-state index is 0.0665. The van der Waals surface area contributed by atoms with E-state index < -0.39 is 0 Å². The van der Waals surface area contributed by atoms with E-state index in [1.807, 2.05) is 24.0 Å². The molecule has 0 radical (unpaired) electrons. The first-order chi connectivity index (χ1) is 11.3. The highest BCUT2D eigenvalue weighted by molar-refractivity contribution is 7.13. The average Bonchev–Trinajstić information content (AvgIpc) is 3.26. The molecule has 2 aliphatic rings. The smallest absolute Gasteiger partial charge is 0.225 e. The van der Waals surface area contributed by atoms with Crippen molar-refractivity contribution in [2.45, 2.75) is 38.3 Å². The number of aryl methyl sites for hydroxylation is 1. The van der Waals surface area contributed by atoms with E-state index in [2.05, 4.69) is 24.8 Å². The Kier molecular flexibility index (Phi) is 4.03. The maximum absolute atomic E-state index is 12.7. The average molecular weight is 331 g/mol. The van der Waals surface area contributed by atoms with Gasteiger partial charge in [0.05, 0.1) is 5.92 Å². The van der Waals surface area contributed by atoms with Crippen molar-refractivity contribution >= 4 is 22.4 Å². The van der Waals surface area contributed by atoms with Crippen molar-refractivity contribution in [1.82, 2.24) is 19.9 Å². The Hall–Kier alpha value is -1.89. The summed E-state index contributed by atoms with van der Waals surface area (Å²) in [7, 11) is 0. The number of piperidine rings is 1. The predicted molar refractivity (Wildman–Crippen MR) is 89.5 cm³/mol. The van der Waals surface area contributed by atoms with Crippen LogP contribution in [0.15, 0.2) is 24.0 Å². The molecule has 0 saturated carbocycles. The summed E-state index contributed by atoms with van der Waals surface area (Å²) in [4.78, 5) is 23.6. The van der Waals surface area contributed by atoms with E-state index >= 15 is 0 Å². The van der Waals surface area contributed by atoms with Gasteiger partial charge in [0.25, 0.3) is 0 Å². The number of aromatic nitrogens is 3. The van der Waals surface area contributed by atoms with Crippen LogP contribution in [-0.4, -0.2) is 39.6 Å². The van der Waals surface area contributed by atoms with Crippen LogP contribution in [0.4, 0.5) is 5.13 Å². The molecule has 1 N–H and O–H groups in total. The fourth-order valence-corrected chi connectivity index (χ4v) is 4.22. The van der Waals surface area contributed by atoms with Crippen LogP contribution in [0, 0.1) is 5.92 Å². The first kappa shape index (κ1) is 14.7. The molecule has 23 heavy (non-hydrogen) atoms. The third kappa shape index (κ3) is 3.10. The number of carbonyl (C=O) groups is 1. The summed E-state index contributed by atoms with van der Waals surface area (Å²) < 4.78 is 2.15. The molecule has 0 unspecified atom stereocenters. The molecule has 2 aromatic rings. The molecule has 1 saturated heterocycles. The number of thiazole rings is 1. The van der Waals surface area contributed by atoms with E-state index in [0.29, 0.717) is 0 Å². The summed E-state index contributed by atoms with van der Waals surface area (Å²) in [6.07, 6.45) is 9.60. The number of nitrogens with one attached hydrogen (secondary N) is 1. The zero-order valence-electron chi connectivity index (χ0n) is 13.0. The SMILES string of the molecule is O=C(N[C@@H]1CCc2nccn2C1)[C@@H]1CCCN(c2nccs2)C1. The number of hydrogen-bond acceptors (Lipinski definition) is 5. The number of nitrogens with zero attached hydrogens (tertiary/aromatic N) is 4. The van der Waals surface area contributed by atoms with Crippen LogP contribution < -0.4 is 10.2 Å². The van der Waals surface area contributed by atoms with Crippen LogP contribution in [0.1, 0.15) is 25.1 Å². The van der Waals surface area contributed by atoms with Crippen LogP contribution >= 0.6 is 11.3 Å². The quantitative estimate of drug-likeness (QED) is 0.930. The van der Waals surface area contributed by atoms with Crippen LogP contribution in [0.2, 0.25) is 0 Å². The van der Waals surface area contributed by atoms with E-state index in [4.69, 9.17) is 0 Å². The Bertz CT molecular complexity index is 668. The van der Waals surface area contributed by atoms with E-state index in [9.17, 15) is 4.79 Å². The largest absolute Gasteiger partial charge is 0.351 e. The fraction of sp³-hybridized carbons (Fsp3) is 0.562. The number of rotatable bonds is 3. The lowest BCUT2D eigenvalue weighted by molar-refractivity contribution is -0.126. The summed E-state index contributed by atoms with van der Waals surface area (Å²) in [5, 5.41) is 6.27. The number of carbonyl (C=O) groups excluding carboxylic acids is 1. The molecule has 7 heteroatoms. The molecule has 2 aliphatic heterocycles. The molecule has 4 rings (SSSR count). The van der Waals surface area contributed by atoms with Crippen LogP contribution in [0.5, 0.6) is 0 Å². The summed E-state index contributed by atoms with van der Waals surface area (Å²) in [5.41, 5.74) is 0. The van der Waals surface area contributed by atoms with Crippen molar-refractivity contribution in [3.8, 4) is 0 Å². The summed E-state index contributed by atoms with van der Waals surface area (Å²) in [6, 6.07) is 0.222. The van der Waals surface area contributed by atoms with Gasteiger partial charge in [-0.25, -0.2) is 9.97 Å². The van der Waals surface area contributed by atoms with Gasteiger partial charge in [-0.3, -0.25) is 4.79 Å². The second kappa shape index (κ2) is 6.31. The van der Waals surface area contributed by atoms with Crippen molar-refractivity contribution in [3.05, 3.63) is 29.8 Å². The van der Waals surface area contributed by atoms with Gasteiger partial charge in [0.15, 0.2) is 5.13 Å². The molecule has 0 spiro atoms. The molecule has 2 aromatic heterocycles. The Morgan fingerprint density at radius 1 is 1.26 bits per heavy atom. The lowest BCUT2D eigenvalue weighted by Gasteiger charge is -2.33. The Balaban J connectivity index is 1.36. The zero-order valence-corrected chi connectivity index (χ0v) is 13.8. The molecular formula is C16H21N5OS. The highest BCUT2D eigenvalue weighted by Gasteiger charge is 2.29. The van der Waals surface area contributed by atoms with Crippen molar-refractivity contribution in [2.24, 2.45) is 5.92 Å². The fourth-order valence-electron chi connectivity index (χ4n) is 3.54. The van der Waals surface area contributed by atoms with Gasteiger partial charge in [0, 0.05) is 56.1 Å². The molecule has 0 bridgehead atoms. The van der Waals surface area contributed by atoms with Gasteiger partial charge < -0.3 is 14.8 Å². The Labute approximate surface area is 139 Å². The van der Waals surface area contributed by atoms with Crippen molar-refractivity contribution in [2.75, 3.05) is 18.0 Å². The second-order valence-electron chi connectivity index (χ2n) is 6.34. The first-order valence-corrected chi connectivity index (χ1v) is 9.12. The second-order valence-corrected chi connectivity index (χ2v) is 7.21. The highest BCUT2D eigenvalue weighted by atomic mass is 32.1. The molecule has 4 heterocycles. The summed E-state index contributed by atoms with van der Waals surface area (Å²) in [6.45, 7) is 2.62. The molecule has 1 amide bonds. The number of anilines is 1. The van der Waals surface area contributed by atoms with Gasteiger partial charge in [-0.05, 0) is 19.3 Å². The van der Waals surface area contributed by atoms with Gasteiger partial charge in [-0.15, -0.1) is 11.3 Å². The lowest BCUT2D eigenvalue weighted by atomic mass is 9.96. The number of fused-ring (bicyclic) bond motifs is 1. The van der Waals surface area contributed by atoms with Crippen molar-refractivity contribution in [1.29, 1.82) is 0 Å². The number of amides is 1. The number of hydrogen-bond donors (Lipinski definition) is 1. The summed E-state index contributed by atoms with van der Waals surface area (Å²) in [5.74, 6) is 1.39. The minimum Gasteiger partial charge on any atom is -0.351 e. The maximum Gasteiger partial charge on any atom is 0.225 e. The van der Waals surface area contributed by atoms with Gasteiger partial charge in [-0.1, -0.05) is 0 Å².